The number of aryl methyl sites for hydroxylation is 4. The molecule has 0 aliphatic rings. The van der Waals surface area contributed by atoms with Crippen LogP contribution in [0.15, 0.2) is 48.9 Å². The summed E-state index contributed by atoms with van der Waals surface area (Å²) in [4.78, 5) is 9.53. The molecule has 3 heterocycles. The van der Waals surface area contributed by atoms with Crippen molar-refractivity contribution < 1.29 is 0 Å². The van der Waals surface area contributed by atoms with Gasteiger partial charge >= 0.3 is 0 Å². The van der Waals surface area contributed by atoms with E-state index in [1.165, 1.54) is 5.56 Å². The van der Waals surface area contributed by atoms with Gasteiger partial charge in [0.25, 0.3) is 0 Å². The fourth-order valence-electron chi connectivity index (χ4n) is 3.14. The van der Waals surface area contributed by atoms with Gasteiger partial charge in [-0.2, -0.15) is 10.2 Å². The van der Waals surface area contributed by atoms with Crippen molar-refractivity contribution in [2.75, 3.05) is 5.32 Å². The molecule has 3 aromatic heterocycles. The van der Waals surface area contributed by atoms with Gasteiger partial charge in [-0.3, -0.25) is 9.36 Å². The van der Waals surface area contributed by atoms with Gasteiger partial charge in [0.1, 0.15) is 11.6 Å². The molecule has 0 saturated heterocycles. The predicted molar refractivity (Wildman–Crippen MR) is 105 cm³/mol. The van der Waals surface area contributed by atoms with Gasteiger partial charge in [-0.1, -0.05) is 30.3 Å². The molecule has 0 radical (unpaired) electrons. The maximum Gasteiger partial charge on any atom is 0.163 e. The highest BCUT2D eigenvalue weighted by Gasteiger charge is 2.15. The van der Waals surface area contributed by atoms with Crippen LogP contribution in [0.2, 0.25) is 0 Å². The Balaban J connectivity index is 1.62. The Morgan fingerprint density at radius 3 is 2.56 bits per heavy atom. The zero-order valence-electron chi connectivity index (χ0n) is 15.8. The molecule has 7 heteroatoms. The molecule has 4 aromatic rings. The number of aromatic nitrogens is 6. The first kappa shape index (κ1) is 17.2. The monoisotopic (exact) mass is 361 g/mol. The molecule has 0 unspecified atom stereocenters. The smallest absolute Gasteiger partial charge is 0.163 e. The molecule has 7 nitrogen and oxygen atoms in total. The zero-order chi connectivity index (χ0) is 18.8. The molecule has 0 amide bonds. The Hall–Kier alpha value is -3.22. The zero-order valence-corrected chi connectivity index (χ0v) is 15.8. The standard InChI is InChI=1S/C20H23N7/c1-14(16-11-21-26(2)13-16)23-19-17-12-22-27(3)20(17)25-18(24-19)10-9-15-7-5-4-6-8-15/h4-8,11-14H,9-10H2,1-3H3,(H,23,24,25)/t14-/m0/s1. The largest absolute Gasteiger partial charge is 0.363 e. The van der Waals surface area contributed by atoms with Crippen LogP contribution >= 0.6 is 0 Å². The molecule has 1 aromatic carbocycles. The minimum absolute atomic E-state index is 0.0824. The van der Waals surface area contributed by atoms with Crippen LogP contribution in [0, 0.1) is 0 Å². The van der Waals surface area contributed by atoms with E-state index in [1.54, 1.807) is 9.36 Å². The molecule has 1 N–H and O–H groups in total. The van der Waals surface area contributed by atoms with Gasteiger partial charge in [0, 0.05) is 32.3 Å². The van der Waals surface area contributed by atoms with Crippen molar-refractivity contribution in [2.24, 2.45) is 14.1 Å². The minimum Gasteiger partial charge on any atom is -0.363 e. The summed E-state index contributed by atoms with van der Waals surface area (Å²) in [6.45, 7) is 2.10. The Bertz CT molecular complexity index is 1050. The predicted octanol–water partition coefficient (Wildman–Crippen LogP) is 3.06. The Morgan fingerprint density at radius 1 is 1.00 bits per heavy atom. The first-order valence-corrected chi connectivity index (χ1v) is 9.08. The first-order valence-electron chi connectivity index (χ1n) is 9.08. The maximum atomic E-state index is 4.80. The Labute approximate surface area is 158 Å². The van der Waals surface area contributed by atoms with Gasteiger partial charge < -0.3 is 5.32 Å². The van der Waals surface area contributed by atoms with Crippen molar-refractivity contribution in [2.45, 2.75) is 25.8 Å². The number of nitrogens with zero attached hydrogens (tertiary/aromatic N) is 6. The third-order valence-electron chi connectivity index (χ3n) is 4.70. The van der Waals surface area contributed by atoms with E-state index in [0.29, 0.717) is 0 Å². The minimum atomic E-state index is 0.0824. The van der Waals surface area contributed by atoms with E-state index in [0.717, 1.165) is 41.1 Å². The van der Waals surface area contributed by atoms with E-state index < -0.39 is 0 Å². The molecule has 0 saturated carbocycles. The number of anilines is 1. The van der Waals surface area contributed by atoms with Crippen LogP contribution in [-0.4, -0.2) is 29.5 Å². The second kappa shape index (κ2) is 7.19. The van der Waals surface area contributed by atoms with Gasteiger partial charge in [0.05, 0.1) is 23.8 Å². The third kappa shape index (κ3) is 3.67. The highest BCUT2D eigenvalue weighted by Crippen LogP contribution is 2.24. The van der Waals surface area contributed by atoms with Crippen molar-refractivity contribution in [3.8, 4) is 0 Å². The quantitative estimate of drug-likeness (QED) is 0.571. The number of fused-ring (bicyclic) bond motifs is 1. The van der Waals surface area contributed by atoms with Crippen LogP contribution in [0.4, 0.5) is 5.82 Å². The van der Waals surface area contributed by atoms with E-state index in [4.69, 9.17) is 9.97 Å². The average Bonchev–Trinajstić information content (AvgIpc) is 3.27. The van der Waals surface area contributed by atoms with Crippen molar-refractivity contribution >= 4 is 16.9 Å². The highest BCUT2D eigenvalue weighted by molar-refractivity contribution is 5.86. The molecular formula is C20H23N7. The number of hydrogen-bond donors (Lipinski definition) is 1. The van der Waals surface area contributed by atoms with E-state index >= 15 is 0 Å². The van der Waals surface area contributed by atoms with Crippen molar-refractivity contribution in [3.05, 3.63) is 65.9 Å². The van der Waals surface area contributed by atoms with Crippen LogP contribution in [0.25, 0.3) is 11.0 Å². The lowest BCUT2D eigenvalue weighted by Gasteiger charge is -2.14. The van der Waals surface area contributed by atoms with Crippen LogP contribution in [0.3, 0.4) is 0 Å². The SMILES string of the molecule is C[C@H](Nc1nc(CCc2ccccc2)nc2c1cnn2C)c1cnn(C)c1. The highest BCUT2D eigenvalue weighted by atomic mass is 15.3. The van der Waals surface area contributed by atoms with Crippen LogP contribution < -0.4 is 5.32 Å². The molecule has 0 bridgehead atoms. The first-order chi connectivity index (χ1) is 13.1. The van der Waals surface area contributed by atoms with Gasteiger partial charge in [0.15, 0.2) is 5.65 Å². The fourth-order valence-corrected chi connectivity index (χ4v) is 3.14. The van der Waals surface area contributed by atoms with E-state index in [-0.39, 0.29) is 6.04 Å². The maximum absolute atomic E-state index is 4.80. The molecule has 0 aliphatic carbocycles. The lowest BCUT2D eigenvalue weighted by atomic mass is 10.1. The number of benzene rings is 1. The lowest BCUT2D eigenvalue weighted by Crippen LogP contribution is -2.10. The molecule has 0 spiro atoms. The van der Waals surface area contributed by atoms with E-state index in [2.05, 4.69) is 46.7 Å². The normalized spacial score (nSPS) is 12.4. The van der Waals surface area contributed by atoms with Gasteiger partial charge in [-0.15, -0.1) is 0 Å². The van der Waals surface area contributed by atoms with E-state index in [1.807, 2.05) is 38.8 Å². The molecule has 4 rings (SSSR count). The lowest BCUT2D eigenvalue weighted by molar-refractivity contribution is 0.764. The summed E-state index contributed by atoms with van der Waals surface area (Å²) in [5.41, 5.74) is 3.23. The summed E-state index contributed by atoms with van der Waals surface area (Å²) in [5, 5.41) is 13.0. The number of rotatable bonds is 6. The fraction of sp³-hybridized carbons (Fsp3) is 0.300. The summed E-state index contributed by atoms with van der Waals surface area (Å²) in [6.07, 6.45) is 7.38. The summed E-state index contributed by atoms with van der Waals surface area (Å²) < 4.78 is 3.60. The molecule has 27 heavy (non-hydrogen) atoms. The number of hydrogen-bond acceptors (Lipinski definition) is 5. The van der Waals surface area contributed by atoms with Crippen LogP contribution in [0.5, 0.6) is 0 Å². The Morgan fingerprint density at radius 2 is 1.81 bits per heavy atom. The Kier molecular flexibility index (Phi) is 4.58. The second-order valence-corrected chi connectivity index (χ2v) is 6.79. The van der Waals surface area contributed by atoms with Crippen LogP contribution in [0.1, 0.15) is 29.9 Å². The summed E-state index contributed by atoms with van der Waals surface area (Å²) >= 11 is 0. The molecule has 138 valence electrons. The van der Waals surface area contributed by atoms with Crippen molar-refractivity contribution in [1.82, 2.24) is 29.5 Å². The average molecular weight is 361 g/mol. The second-order valence-electron chi connectivity index (χ2n) is 6.79. The van der Waals surface area contributed by atoms with Crippen molar-refractivity contribution in [1.29, 1.82) is 0 Å². The summed E-state index contributed by atoms with van der Waals surface area (Å²) in [7, 11) is 3.83. The van der Waals surface area contributed by atoms with Crippen LogP contribution in [-0.2, 0) is 26.9 Å². The van der Waals surface area contributed by atoms with Gasteiger partial charge in [0.2, 0.25) is 0 Å². The number of nitrogens with one attached hydrogen (secondary N) is 1. The molecule has 1 atom stereocenters. The van der Waals surface area contributed by atoms with Gasteiger partial charge in [-0.25, -0.2) is 9.97 Å². The summed E-state index contributed by atoms with van der Waals surface area (Å²) in [5.74, 6) is 1.63. The van der Waals surface area contributed by atoms with E-state index in [9.17, 15) is 0 Å². The topological polar surface area (TPSA) is 73.5 Å². The molecule has 0 aliphatic heterocycles. The molecule has 0 fully saturated rings. The van der Waals surface area contributed by atoms with Gasteiger partial charge in [-0.05, 0) is 18.9 Å². The third-order valence-corrected chi connectivity index (χ3v) is 4.70. The molecular weight excluding hydrogens is 338 g/mol. The summed E-state index contributed by atoms with van der Waals surface area (Å²) in [6, 6.07) is 10.5. The van der Waals surface area contributed by atoms with Crippen molar-refractivity contribution in [3.63, 3.8) is 0 Å².